The minimum atomic E-state index is -0.655. The highest BCUT2D eigenvalue weighted by molar-refractivity contribution is 6.46. The van der Waals surface area contributed by atoms with Crippen molar-refractivity contribution in [1.82, 2.24) is 20.0 Å². The van der Waals surface area contributed by atoms with Crippen LogP contribution >= 0.6 is 0 Å². The molecule has 0 radical (unpaired) electrons. The Hall–Kier alpha value is -2.97. The zero-order valence-electron chi connectivity index (χ0n) is 17.9. The normalized spacial score (nSPS) is 21.7. The molecule has 1 aromatic carbocycles. The van der Waals surface area contributed by atoms with E-state index in [9.17, 15) is 14.7 Å². The molecule has 0 aliphatic carbocycles. The number of Topliss-reactive ketones (excluding diaryl/α,β-unsaturated/α-hetero) is 1. The number of carbonyl (C=O) groups is 2. The number of aliphatic hydroxyl groups excluding tert-OH is 1. The van der Waals surface area contributed by atoms with Crippen LogP contribution < -0.4 is 0 Å². The van der Waals surface area contributed by atoms with Crippen molar-refractivity contribution in [3.05, 3.63) is 58.4 Å². The summed E-state index contributed by atoms with van der Waals surface area (Å²) in [5.74, 6) is -1.40. The Bertz CT molecular complexity index is 973. The monoisotopic (exact) mass is 424 g/mol. The molecule has 2 saturated heterocycles. The second-order valence-corrected chi connectivity index (χ2v) is 8.02. The predicted molar refractivity (Wildman–Crippen MR) is 115 cm³/mol. The smallest absolute Gasteiger partial charge is 0.295 e. The first-order valence-electron chi connectivity index (χ1n) is 10.6. The summed E-state index contributed by atoms with van der Waals surface area (Å²) in [6.45, 7) is 7.99. The molecule has 0 spiro atoms. The van der Waals surface area contributed by atoms with Crippen LogP contribution in [-0.2, 0) is 14.3 Å². The van der Waals surface area contributed by atoms with Crippen molar-refractivity contribution in [2.24, 2.45) is 0 Å². The molecule has 2 aromatic rings. The number of rotatable bonds is 6. The topological polar surface area (TPSA) is 98.8 Å². The van der Waals surface area contributed by atoms with Gasteiger partial charge in [-0.25, -0.2) is 0 Å². The summed E-state index contributed by atoms with van der Waals surface area (Å²) >= 11 is 0. The van der Waals surface area contributed by atoms with E-state index < -0.39 is 17.7 Å². The third-order valence-electron chi connectivity index (χ3n) is 6.00. The molecule has 2 aliphatic rings. The SMILES string of the molecule is Cc1n[nH]c(C)c1/C(O)=C1\C(=O)C(=O)N(CCCN2CCOCC2)[C@H]1c1ccccc1. The van der Waals surface area contributed by atoms with Crippen LogP contribution in [-0.4, -0.2) is 76.2 Å². The van der Waals surface area contributed by atoms with Gasteiger partial charge in [0.1, 0.15) is 5.76 Å². The van der Waals surface area contributed by atoms with E-state index in [1.54, 1.807) is 18.7 Å². The molecule has 1 amide bonds. The molecule has 4 rings (SSSR count). The van der Waals surface area contributed by atoms with Gasteiger partial charge in [-0.05, 0) is 25.8 Å². The van der Waals surface area contributed by atoms with Crippen LogP contribution in [0.3, 0.4) is 0 Å². The van der Waals surface area contributed by atoms with Crippen LogP contribution in [0.1, 0.15) is 35.0 Å². The molecule has 0 unspecified atom stereocenters. The van der Waals surface area contributed by atoms with E-state index in [2.05, 4.69) is 15.1 Å². The molecule has 2 aliphatic heterocycles. The Balaban J connectivity index is 1.67. The summed E-state index contributed by atoms with van der Waals surface area (Å²) < 4.78 is 5.39. The lowest BCUT2D eigenvalue weighted by Gasteiger charge is -2.29. The standard InChI is InChI=1S/C23H28N4O4/c1-15-18(16(2)25-24-15)21(28)19-20(17-7-4-3-5-8-17)27(23(30)22(19)29)10-6-9-26-11-13-31-14-12-26/h3-5,7-8,20,28H,6,9-14H2,1-2H3,(H,24,25)/b21-19+/t20-/m0/s1. The van der Waals surface area contributed by atoms with Gasteiger partial charge in [0.25, 0.3) is 11.7 Å². The van der Waals surface area contributed by atoms with Gasteiger partial charge < -0.3 is 14.7 Å². The van der Waals surface area contributed by atoms with Gasteiger partial charge in [-0.2, -0.15) is 5.10 Å². The number of ether oxygens (including phenoxy) is 1. The number of ketones is 1. The maximum atomic E-state index is 13.1. The van der Waals surface area contributed by atoms with Gasteiger partial charge in [0.15, 0.2) is 0 Å². The van der Waals surface area contributed by atoms with Crippen molar-refractivity contribution in [2.75, 3.05) is 39.4 Å². The fourth-order valence-electron chi connectivity index (χ4n) is 4.42. The highest BCUT2D eigenvalue weighted by Crippen LogP contribution is 2.40. The summed E-state index contributed by atoms with van der Waals surface area (Å²) in [6, 6.07) is 8.77. The number of H-pyrrole nitrogens is 1. The van der Waals surface area contributed by atoms with Crippen LogP contribution in [0, 0.1) is 13.8 Å². The Morgan fingerprint density at radius 2 is 1.87 bits per heavy atom. The minimum Gasteiger partial charge on any atom is -0.507 e. The van der Waals surface area contributed by atoms with Crippen LogP contribution in [0.5, 0.6) is 0 Å². The lowest BCUT2D eigenvalue weighted by atomic mass is 9.94. The van der Waals surface area contributed by atoms with E-state index in [4.69, 9.17) is 4.74 Å². The number of nitrogens with zero attached hydrogens (tertiary/aromatic N) is 3. The van der Waals surface area contributed by atoms with Gasteiger partial charge in [-0.15, -0.1) is 0 Å². The molecule has 1 atom stereocenters. The van der Waals surface area contributed by atoms with Crippen molar-refractivity contribution >= 4 is 17.4 Å². The van der Waals surface area contributed by atoms with Crippen molar-refractivity contribution in [3.8, 4) is 0 Å². The number of morpholine rings is 1. The average Bonchev–Trinajstić information content (AvgIpc) is 3.25. The molecule has 3 heterocycles. The molecule has 2 N–H and O–H groups in total. The van der Waals surface area contributed by atoms with E-state index in [-0.39, 0.29) is 11.3 Å². The largest absolute Gasteiger partial charge is 0.507 e. The number of nitrogens with one attached hydrogen (secondary N) is 1. The van der Waals surface area contributed by atoms with Crippen molar-refractivity contribution in [3.63, 3.8) is 0 Å². The molecule has 164 valence electrons. The average molecular weight is 425 g/mol. The molecule has 8 nitrogen and oxygen atoms in total. The zero-order valence-corrected chi connectivity index (χ0v) is 17.9. The van der Waals surface area contributed by atoms with Gasteiger partial charge in [0, 0.05) is 31.9 Å². The number of benzene rings is 1. The van der Waals surface area contributed by atoms with E-state index in [1.807, 2.05) is 30.3 Å². The Morgan fingerprint density at radius 3 is 2.52 bits per heavy atom. The molecular formula is C23H28N4O4. The van der Waals surface area contributed by atoms with Gasteiger partial charge >= 0.3 is 0 Å². The van der Waals surface area contributed by atoms with Crippen molar-refractivity contribution in [2.45, 2.75) is 26.3 Å². The van der Waals surface area contributed by atoms with E-state index in [1.165, 1.54) is 0 Å². The van der Waals surface area contributed by atoms with Gasteiger partial charge in [0.2, 0.25) is 0 Å². The highest BCUT2D eigenvalue weighted by atomic mass is 16.5. The quantitative estimate of drug-likeness (QED) is 0.419. The number of hydrogen-bond donors (Lipinski definition) is 2. The van der Waals surface area contributed by atoms with Crippen LogP contribution in [0.15, 0.2) is 35.9 Å². The van der Waals surface area contributed by atoms with Gasteiger partial charge in [0.05, 0.1) is 36.1 Å². The summed E-state index contributed by atoms with van der Waals surface area (Å²) in [4.78, 5) is 29.9. The van der Waals surface area contributed by atoms with Crippen LogP contribution in [0.4, 0.5) is 0 Å². The molecule has 0 saturated carbocycles. The van der Waals surface area contributed by atoms with Gasteiger partial charge in [-0.3, -0.25) is 19.6 Å². The molecular weight excluding hydrogens is 396 g/mol. The summed E-state index contributed by atoms with van der Waals surface area (Å²) in [5.41, 5.74) is 2.64. The van der Waals surface area contributed by atoms with E-state index >= 15 is 0 Å². The van der Waals surface area contributed by atoms with Crippen LogP contribution in [0.2, 0.25) is 0 Å². The number of aromatic amines is 1. The number of likely N-dealkylation sites (tertiary alicyclic amines) is 1. The Labute approximate surface area is 181 Å². The van der Waals surface area contributed by atoms with E-state index in [0.717, 1.165) is 44.8 Å². The molecule has 8 heteroatoms. The molecule has 2 fully saturated rings. The fourth-order valence-corrected chi connectivity index (χ4v) is 4.42. The third kappa shape index (κ3) is 4.13. The Morgan fingerprint density at radius 1 is 1.16 bits per heavy atom. The zero-order chi connectivity index (χ0) is 22.0. The lowest BCUT2D eigenvalue weighted by Crippen LogP contribution is -2.38. The summed E-state index contributed by atoms with van der Waals surface area (Å²) in [6.07, 6.45) is 0.736. The summed E-state index contributed by atoms with van der Waals surface area (Å²) in [5, 5.41) is 18.1. The first kappa shape index (κ1) is 21.3. The number of aryl methyl sites for hydroxylation is 2. The lowest BCUT2D eigenvalue weighted by molar-refractivity contribution is -0.140. The predicted octanol–water partition coefficient (Wildman–Crippen LogP) is 2.17. The first-order valence-corrected chi connectivity index (χ1v) is 10.6. The number of aromatic nitrogens is 2. The number of aliphatic hydroxyl groups is 1. The van der Waals surface area contributed by atoms with Crippen molar-refractivity contribution in [1.29, 1.82) is 0 Å². The fraction of sp³-hybridized carbons (Fsp3) is 0.435. The maximum Gasteiger partial charge on any atom is 0.295 e. The van der Waals surface area contributed by atoms with Gasteiger partial charge in [-0.1, -0.05) is 30.3 Å². The molecule has 31 heavy (non-hydrogen) atoms. The van der Waals surface area contributed by atoms with Crippen LogP contribution in [0.25, 0.3) is 5.76 Å². The van der Waals surface area contributed by atoms with Crippen molar-refractivity contribution < 1.29 is 19.4 Å². The second-order valence-electron chi connectivity index (χ2n) is 8.02. The molecule has 1 aromatic heterocycles. The second kappa shape index (κ2) is 9.03. The number of hydrogen-bond acceptors (Lipinski definition) is 6. The first-order chi connectivity index (χ1) is 15.0. The third-order valence-corrected chi connectivity index (χ3v) is 6.00. The van der Waals surface area contributed by atoms with E-state index in [0.29, 0.717) is 23.5 Å². The Kier molecular flexibility index (Phi) is 6.20. The number of amides is 1. The maximum absolute atomic E-state index is 13.1. The minimum absolute atomic E-state index is 0.121. The highest BCUT2D eigenvalue weighted by Gasteiger charge is 2.46. The number of carbonyl (C=O) groups excluding carboxylic acids is 2. The molecule has 0 bridgehead atoms. The summed E-state index contributed by atoms with van der Waals surface area (Å²) in [7, 11) is 0.